The monoisotopic (exact) mass is 533 g/mol. The van der Waals surface area contributed by atoms with Crippen LogP contribution in [0.25, 0.3) is 22.2 Å². The normalized spacial score (nSPS) is 15.9. The molecule has 3 aromatic rings. The highest BCUT2D eigenvalue weighted by Gasteiger charge is 2.40. The summed E-state index contributed by atoms with van der Waals surface area (Å²) < 4.78 is 113. The van der Waals surface area contributed by atoms with Gasteiger partial charge in [-0.3, -0.25) is 4.98 Å². The highest BCUT2D eigenvalue weighted by Crippen LogP contribution is 2.39. The van der Waals surface area contributed by atoms with E-state index in [1.165, 1.54) is 12.3 Å². The summed E-state index contributed by atoms with van der Waals surface area (Å²) in [5.74, 6) is -2.06. The minimum Gasteiger partial charge on any atom is -0.347 e. The molecule has 1 aliphatic carbocycles. The first kappa shape index (κ1) is 26.5. The fourth-order valence-electron chi connectivity index (χ4n) is 4.16. The van der Waals surface area contributed by atoms with Crippen molar-refractivity contribution in [2.24, 2.45) is 5.41 Å². The highest BCUT2D eigenvalue weighted by atomic mass is 32.2. The molecule has 0 bridgehead atoms. The average molecular weight is 534 g/mol. The Labute approximate surface area is 204 Å². The van der Waals surface area contributed by atoms with E-state index in [1.807, 2.05) is 20.8 Å². The number of alkyl halides is 4. The molecule has 1 atom stereocenters. The van der Waals surface area contributed by atoms with Gasteiger partial charge >= 0.3 is 0 Å². The van der Waals surface area contributed by atoms with Crippen LogP contribution in [0.4, 0.5) is 26.3 Å². The van der Waals surface area contributed by atoms with E-state index in [0.29, 0.717) is 25.1 Å². The van der Waals surface area contributed by atoms with Gasteiger partial charge in [0.25, 0.3) is 12.9 Å². The van der Waals surface area contributed by atoms with Gasteiger partial charge in [-0.15, -0.1) is 0 Å². The van der Waals surface area contributed by atoms with E-state index in [-0.39, 0.29) is 34.0 Å². The lowest BCUT2D eigenvalue weighted by Gasteiger charge is -2.20. The van der Waals surface area contributed by atoms with Crippen molar-refractivity contribution < 1.29 is 34.8 Å². The summed E-state index contributed by atoms with van der Waals surface area (Å²) in [4.78, 5) is 3.67. The molecular weight excluding hydrogens is 508 g/mol. The van der Waals surface area contributed by atoms with Crippen molar-refractivity contribution in [1.29, 1.82) is 0 Å². The quantitative estimate of drug-likeness (QED) is 0.343. The Morgan fingerprint density at radius 1 is 1.08 bits per heavy atom. The molecule has 2 aromatic heterocycles. The largest absolute Gasteiger partial charge is 0.347 e. The lowest BCUT2D eigenvalue weighted by atomic mass is 9.96. The molecule has 1 aromatic carbocycles. The van der Waals surface area contributed by atoms with Crippen LogP contribution < -0.4 is 4.72 Å². The van der Waals surface area contributed by atoms with Crippen LogP contribution in [0.3, 0.4) is 0 Å². The second-order valence-corrected chi connectivity index (χ2v) is 12.2. The van der Waals surface area contributed by atoms with Gasteiger partial charge in [0.05, 0.1) is 17.1 Å². The van der Waals surface area contributed by atoms with Crippen molar-refractivity contribution in [2.75, 3.05) is 0 Å². The Hall–Kier alpha value is -2.60. The number of pyridine rings is 1. The van der Waals surface area contributed by atoms with Crippen LogP contribution in [0.1, 0.15) is 57.2 Å². The molecule has 0 aliphatic heterocycles. The van der Waals surface area contributed by atoms with Crippen LogP contribution in [-0.4, -0.2) is 29.6 Å². The number of hydrogen-bond acceptors (Lipinski definition) is 3. The van der Waals surface area contributed by atoms with Crippen molar-refractivity contribution in [3.05, 3.63) is 53.4 Å². The second kappa shape index (κ2) is 9.37. The van der Waals surface area contributed by atoms with Crippen molar-refractivity contribution in [3.8, 4) is 11.3 Å². The lowest BCUT2D eigenvalue weighted by Crippen LogP contribution is -2.35. The maximum Gasteiger partial charge on any atom is 0.266 e. The summed E-state index contributed by atoms with van der Waals surface area (Å²) in [5, 5.41) is -0.743. The Morgan fingerprint density at radius 3 is 2.31 bits per heavy atom. The summed E-state index contributed by atoms with van der Waals surface area (Å²) in [6, 6.07) is 0.727. The van der Waals surface area contributed by atoms with Gasteiger partial charge in [-0.1, -0.05) is 20.8 Å². The minimum atomic E-state index is -4.02. The topological polar surface area (TPSA) is 64.0 Å². The number of nitrogens with zero attached hydrogens (tertiary/aromatic N) is 2. The van der Waals surface area contributed by atoms with Crippen molar-refractivity contribution in [3.63, 3.8) is 0 Å². The number of sulfonamides is 1. The smallest absolute Gasteiger partial charge is 0.266 e. The van der Waals surface area contributed by atoms with Crippen LogP contribution in [0.15, 0.2) is 30.6 Å². The van der Waals surface area contributed by atoms with Gasteiger partial charge in [-0.05, 0) is 36.5 Å². The van der Waals surface area contributed by atoms with Crippen LogP contribution in [0.5, 0.6) is 0 Å². The predicted octanol–water partition coefficient (Wildman–Crippen LogP) is 6.35. The van der Waals surface area contributed by atoms with E-state index in [0.717, 1.165) is 6.07 Å². The molecule has 0 amide bonds. The zero-order valence-electron chi connectivity index (χ0n) is 19.7. The zero-order chi connectivity index (χ0) is 26.6. The minimum absolute atomic E-state index is 0.00463. The zero-order valence-corrected chi connectivity index (χ0v) is 20.5. The number of hydrogen-bond donors (Lipinski definition) is 1. The summed E-state index contributed by atoms with van der Waals surface area (Å²) in [6.07, 6.45) is -3.53. The van der Waals surface area contributed by atoms with Crippen LogP contribution >= 0.6 is 0 Å². The van der Waals surface area contributed by atoms with Gasteiger partial charge in [0.1, 0.15) is 17.7 Å². The van der Waals surface area contributed by atoms with E-state index in [9.17, 15) is 30.4 Å². The number of halogens is 6. The second-order valence-electron chi connectivity index (χ2n) is 10.2. The molecule has 0 radical (unpaired) electrons. The Bertz CT molecular complexity index is 1400. The maximum atomic E-state index is 15.3. The number of rotatable bonds is 8. The van der Waals surface area contributed by atoms with Crippen molar-refractivity contribution >= 4 is 20.9 Å². The molecule has 196 valence electrons. The summed E-state index contributed by atoms with van der Waals surface area (Å²) in [6.45, 7) is 5.89. The molecule has 2 heterocycles. The van der Waals surface area contributed by atoms with Gasteiger partial charge in [0.15, 0.2) is 0 Å². The average Bonchev–Trinajstić information content (AvgIpc) is 3.56. The summed E-state index contributed by atoms with van der Waals surface area (Å²) in [5.41, 5.74) is -1.95. The molecular formula is C24H25F6N3O2S. The van der Waals surface area contributed by atoms with Crippen molar-refractivity contribution in [2.45, 2.75) is 64.3 Å². The van der Waals surface area contributed by atoms with Crippen LogP contribution in [0.2, 0.25) is 0 Å². The summed E-state index contributed by atoms with van der Waals surface area (Å²) >= 11 is 0. The SMILES string of the molecule is CC(C)(C)Cn1cc([C@H](NS(=O)(=O)C2CC2)C(F)F)c2cc(F)c(-c3ncc(F)cc3C(F)F)cc21. The van der Waals surface area contributed by atoms with E-state index in [1.54, 1.807) is 4.57 Å². The van der Waals surface area contributed by atoms with E-state index < -0.39 is 57.1 Å². The highest BCUT2D eigenvalue weighted by molar-refractivity contribution is 7.90. The van der Waals surface area contributed by atoms with E-state index >= 15 is 4.39 Å². The fraction of sp³-hybridized carbons (Fsp3) is 0.458. The molecule has 1 fully saturated rings. The van der Waals surface area contributed by atoms with Crippen molar-refractivity contribution in [1.82, 2.24) is 14.3 Å². The molecule has 12 heteroatoms. The first-order valence-electron chi connectivity index (χ1n) is 11.2. The Balaban J connectivity index is 1.93. The molecule has 36 heavy (non-hydrogen) atoms. The fourth-order valence-corrected chi connectivity index (χ4v) is 5.69. The predicted molar refractivity (Wildman–Crippen MR) is 123 cm³/mol. The number of fused-ring (bicyclic) bond motifs is 1. The molecule has 1 saturated carbocycles. The lowest BCUT2D eigenvalue weighted by molar-refractivity contribution is 0.109. The molecule has 1 N–H and O–H groups in total. The third-order valence-corrected chi connectivity index (χ3v) is 7.79. The van der Waals surface area contributed by atoms with Gasteiger partial charge < -0.3 is 4.57 Å². The molecule has 4 rings (SSSR count). The summed E-state index contributed by atoms with van der Waals surface area (Å²) in [7, 11) is -4.02. The number of nitrogens with one attached hydrogen (secondary N) is 1. The first-order chi connectivity index (χ1) is 16.7. The van der Waals surface area contributed by atoms with E-state index in [4.69, 9.17) is 0 Å². The van der Waals surface area contributed by atoms with Crippen LogP contribution in [0, 0.1) is 17.0 Å². The van der Waals surface area contributed by atoms with Gasteiger partial charge in [-0.25, -0.2) is 39.5 Å². The van der Waals surface area contributed by atoms with Gasteiger partial charge in [0.2, 0.25) is 10.0 Å². The van der Waals surface area contributed by atoms with Crippen LogP contribution in [-0.2, 0) is 16.6 Å². The van der Waals surface area contributed by atoms with E-state index in [2.05, 4.69) is 9.71 Å². The Kier molecular flexibility index (Phi) is 6.89. The third-order valence-electron chi connectivity index (χ3n) is 5.86. The maximum absolute atomic E-state index is 15.3. The third kappa shape index (κ3) is 5.39. The van der Waals surface area contributed by atoms with Gasteiger partial charge in [-0.2, -0.15) is 0 Å². The number of aromatic nitrogens is 2. The Morgan fingerprint density at radius 2 is 1.75 bits per heavy atom. The molecule has 0 spiro atoms. The molecule has 5 nitrogen and oxygen atoms in total. The van der Waals surface area contributed by atoms with Gasteiger partial charge in [0, 0.05) is 40.3 Å². The molecule has 0 unspecified atom stereocenters. The first-order valence-corrected chi connectivity index (χ1v) is 12.8. The number of benzene rings is 1. The molecule has 0 saturated heterocycles. The standard InChI is InChI=1S/C24H25F6N3O2S/c1-24(2,3)11-33-10-17(21(23(29)30)32-36(34,35)13-4-5-13)14-7-18(26)15(8-19(14)33)20-16(22(27)28)6-12(25)9-31-20/h6-10,13,21-23,32H,4-5,11H2,1-3H3/t21-/m0/s1. The molecule has 1 aliphatic rings.